The van der Waals surface area contributed by atoms with Gasteiger partial charge in [-0.2, -0.15) is 0 Å². The van der Waals surface area contributed by atoms with Gasteiger partial charge in [-0.1, -0.05) is 36.4 Å². The summed E-state index contributed by atoms with van der Waals surface area (Å²) in [6.07, 6.45) is 5.51. The highest BCUT2D eigenvalue weighted by Gasteiger charge is 2.19. The van der Waals surface area contributed by atoms with E-state index < -0.39 is 0 Å². The number of nitrogens with two attached hydrogens (primary N) is 2. The highest BCUT2D eigenvalue weighted by Crippen LogP contribution is 2.25. The summed E-state index contributed by atoms with van der Waals surface area (Å²) in [6.45, 7) is 0. The normalized spacial score (nSPS) is 18.7. The molecule has 2 aromatic carbocycles. The van der Waals surface area contributed by atoms with E-state index in [0.717, 1.165) is 5.56 Å². The third kappa shape index (κ3) is 3.37. The molecular formula is C19H17N3O. The first-order valence-electron chi connectivity index (χ1n) is 7.32. The van der Waals surface area contributed by atoms with Crippen molar-refractivity contribution in [3.8, 4) is 0 Å². The lowest BCUT2D eigenvalue weighted by atomic mass is 9.89. The standard InChI is InChI=1S/C19H17N3O/c20-15-8-6-13(7-9-15)17-11-10-16(21)12-18(17)22-19(23)14-4-2-1-3-5-14/h1-12,17H,20-21H2. The van der Waals surface area contributed by atoms with Gasteiger partial charge in [0.15, 0.2) is 0 Å². The molecule has 3 rings (SSSR count). The Kier molecular flexibility index (Phi) is 4.06. The van der Waals surface area contributed by atoms with Gasteiger partial charge in [-0.05, 0) is 42.0 Å². The molecule has 0 aliphatic heterocycles. The Morgan fingerprint density at radius 2 is 1.65 bits per heavy atom. The molecule has 4 heteroatoms. The molecule has 2 aromatic rings. The maximum atomic E-state index is 12.3. The first-order valence-corrected chi connectivity index (χ1v) is 7.32. The van der Waals surface area contributed by atoms with E-state index in [9.17, 15) is 4.79 Å². The molecule has 1 atom stereocenters. The molecule has 0 spiro atoms. The topological polar surface area (TPSA) is 81.5 Å². The summed E-state index contributed by atoms with van der Waals surface area (Å²) < 4.78 is 0. The largest absolute Gasteiger partial charge is 0.399 e. The highest BCUT2D eigenvalue weighted by atomic mass is 16.1. The van der Waals surface area contributed by atoms with E-state index in [1.165, 1.54) is 0 Å². The predicted octanol–water partition coefficient (Wildman–Crippen LogP) is 3.05. The van der Waals surface area contributed by atoms with Crippen molar-refractivity contribution in [3.63, 3.8) is 0 Å². The summed E-state index contributed by atoms with van der Waals surface area (Å²) in [5.41, 5.74) is 15.1. The van der Waals surface area contributed by atoms with Crippen LogP contribution in [0.3, 0.4) is 0 Å². The average Bonchev–Trinajstić information content (AvgIpc) is 2.57. The van der Waals surface area contributed by atoms with Crippen molar-refractivity contribution >= 4 is 17.3 Å². The second-order valence-corrected chi connectivity index (χ2v) is 5.36. The first-order chi connectivity index (χ1) is 11.1. The number of anilines is 1. The summed E-state index contributed by atoms with van der Waals surface area (Å²) in [4.78, 5) is 16.6. The fourth-order valence-corrected chi connectivity index (χ4v) is 2.46. The van der Waals surface area contributed by atoms with Crippen LogP contribution in [0.15, 0.2) is 83.5 Å². The minimum Gasteiger partial charge on any atom is -0.399 e. The number of carbonyl (C=O) groups excluding carboxylic acids is 1. The predicted molar refractivity (Wildman–Crippen MR) is 93.2 cm³/mol. The third-order valence-electron chi connectivity index (χ3n) is 3.66. The van der Waals surface area contributed by atoms with Crippen LogP contribution in [-0.2, 0) is 0 Å². The molecule has 0 aromatic heterocycles. The van der Waals surface area contributed by atoms with Gasteiger partial charge in [-0.25, -0.2) is 4.99 Å². The van der Waals surface area contributed by atoms with Crippen molar-refractivity contribution < 1.29 is 4.79 Å². The van der Waals surface area contributed by atoms with Crippen LogP contribution in [0.1, 0.15) is 21.8 Å². The zero-order chi connectivity index (χ0) is 16.2. The second-order valence-electron chi connectivity index (χ2n) is 5.36. The lowest BCUT2D eigenvalue weighted by Gasteiger charge is -2.18. The minimum absolute atomic E-state index is 0.115. The van der Waals surface area contributed by atoms with Crippen LogP contribution < -0.4 is 11.5 Å². The van der Waals surface area contributed by atoms with Crippen LogP contribution in [-0.4, -0.2) is 11.6 Å². The Balaban J connectivity index is 1.96. The number of nitrogen functional groups attached to an aromatic ring is 1. The van der Waals surface area contributed by atoms with Crippen molar-refractivity contribution in [1.29, 1.82) is 0 Å². The summed E-state index contributed by atoms with van der Waals surface area (Å²) in [5.74, 6) is -0.393. The summed E-state index contributed by atoms with van der Waals surface area (Å²) >= 11 is 0. The van der Waals surface area contributed by atoms with Gasteiger partial charge in [0.1, 0.15) is 0 Å². The molecule has 4 N–H and O–H groups in total. The Bertz CT molecular complexity index is 802. The number of hydrogen-bond donors (Lipinski definition) is 2. The highest BCUT2D eigenvalue weighted by molar-refractivity contribution is 6.12. The van der Waals surface area contributed by atoms with Gasteiger partial charge in [0, 0.05) is 22.9 Å². The van der Waals surface area contributed by atoms with Gasteiger partial charge in [0.25, 0.3) is 5.91 Å². The summed E-state index contributed by atoms with van der Waals surface area (Å²) in [6, 6.07) is 16.5. The Labute approximate surface area is 134 Å². The van der Waals surface area contributed by atoms with Crippen LogP contribution in [0.25, 0.3) is 0 Å². The number of nitrogens with zero attached hydrogens (tertiary/aromatic N) is 1. The molecule has 0 fully saturated rings. The number of carbonyl (C=O) groups is 1. The Morgan fingerprint density at radius 1 is 0.957 bits per heavy atom. The number of aliphatic imine (C=N–C) groups is 1. The maximum absolute atomic E-state index is 12.3. The fraction of sp³-hybridized carbons (Fsp3) is 0.0526. The second kappa shape index (κ2) is 6.32. The van der Waals surface area contributed by atoms with E-state index in [2.05, 4.69) is 4.99 Å². The van der Waals surface area contributed by atoms with E-state index in [1.54, 1.807) is 18.2 Å². The summed E-state index contributed by atoms with van der Waals surface area (Å²) in [7, 11) is 0. The van der Waals surface area contributed by atoms with E-state index >= 15 is 0 Å². The third-order valence-corrected chi connectivity index (χ3v) is 3.66. The van der Waals surface area contributed by atoms with Crippen LogP contribution in [0, 0.1) is 0 Å². The molecule has 1 unspecified atom stereocenters. The van der Waals surface area contributed by atoms with Crippen molar-refractivity contribution in [2.45, 2.75) is 5.92 Å². The quantitative estimate of drug-likeness (QED) is 0.837. The Hall–Kier alpha value is -3.14. The van der Waals surface area contributed by atoms with Crippen molar-refractivity contribution in [1.82, 2.24) is 0 Å². The molecule has 1 amide bonds. The van der Waals surface area contributed by atoms with Crippen LogP contribution in [0.4, 0.5) is 5.69 Å². The van der Waals surface area contributed by atoms with Gasteiger partial charge in [-0.15, -0.1) is 0 Å². The number of benzene rings is 2. The van der Waals surface area contributed by atoms with Crippen molar-refractivity contribution in [2.75, 3.05) is 5.73 Å². The van der Waals surface area contributed by atoms with Gasteiger partial charge in [0.2, 0.25) is 0 Å². The number of amides is 1. The molecule has 0 saturated heterocycles. The minimum atomic E-state index is -0.277. The average molecular weight is 303 g/mol. The van der Waals surface area contributed by atoms with Gasteiger partial charge >= 0.3 is 0 Å². The van der Waals surface area contributed by atoms with E-state index in [1.807, 2.05) is 54.6 Å². The molecule has 0 saturated carbocycles. The number of hydrogen-bond acceptors (Lipinski definition) is 3. The maximum Gasteiger partial charge on any atom is 0.277 e. The molecule has 1 aliphatic rings. The zero-order valence-electron chi connectivity index (χ0n) is 12.5. The lowest BCUT2D eigenvalue weighted by molar-refractivity contribution is 0.100. The smallest absolute Gasteiger partial charge is 0.277 e. The van der Waals surface area contributed by atoms with Crippen molar-refractivity contribution in [3.05, 3.63) is 89.6 Å². The number of allylic oxidation sites excluding steroid dienone is 3. The molecule has 0 bridgehead atoms. The van der Waals surface area contributed by atoms with Gasteiger partial charge < -0.3 is 11.5 Å². The molecule has 0 heterocycles. The van der Waals surface area contributed by atoms with Crippen LogP contribution >= 0.6 is 0 Å². The van der Waals surface area contributed by atoms with Gasteiger partial charge in [-0.3, -0.25) is 4.79 Å². The first kappa shape index (κ1) is 14.8. The molecule has 23 heavy (non-hydrogen) atoms. The van der Waals surface area contributed by atoms with Gasteiger partial charge in [0.05, 0.1) is 5.71 Å². The molecule has 4 nitrogen and oxygen atoms in total. The summed E-state index contributed by atoms with van der Waals surface area (Å²) in [5, 5.41) is 0. The zero-order valence-corrected chi connectivity index (χ0v) is 12.5. The molecule has 0 radical (unpaired) electrons. The molecular weight excluding hydrogens is 286 g/mol. The number of rotatable bonds is 2. The van der Waals surface area contributed by atoms with E-state index in [4.69, 9.17) is 11.5 Å². The lowest BCUT2D eigenvalue weighted by Crippen LogP contribution is -2.16. The van der Waals surface area contributed by atoms with E-state index in [0.29, 0.717) is 22.7 Å². The van der Waals surface area contributed by atoms with Crippen LogP contribution in [0.2, 0.25) is 0 Å². The van der Waals surface area contributed by atoms with Crippen molar-refractivity contribution in [2.24, 2.45) is 10.7 Å². The SMILES string of the molecule is NC1=CC(=NC(=O)c2ccccc2)C(c2ccc(N)cc2)C=C1. The Morgan fingerprint density at radius 3 is 2.35 bits per heavy atom. The van der Waals surface area contributed by atoms with Crippen LogP contribution in [0.5, 0.6) is 0 Å². The fourth-order valence-electron chi connectivity index (χ4n) is 2.46. The molecule has 114 valence electrons. The van der Waals surface area contributed by atoms with E-state index in [-0.39, 0.29) is 11.8 Å². The molecule has 1 aliphatic carbocycles. The monoisotopic (exact) mass is 303 g/mol.